The summed E-state index contributed by atoms with van der Waals surface area (Å²) in [6.07, 6.45) is 4.06. The number of hydrogen-bond acceptors (Lipinski definition) is 4. The fourth-order valence-corrected chi connectivity index (χ4v) is 5.27. The highest BCUT2D eigenvalue weighted by Gasteiger charge is 2.18. The summed E-state index contributed by atoms with van der Waals surface area (Å²) in [4.78, 5) is 20.4. The van der Waals surface area contributed by atoms with Crippen LogP contribution in [0.1, 0.15) is 10.4 Å². The molecule has 4 heterocycles. The van der Waals surface area contributed by atoms with Gasteiger partial charge in [0.05, 0.1) is 30.0 Å². The molecule has 5 nitrogen and oxygen atoms in total. The molecule has 0 atom stereocenters. The third-order valence-corrected chi connectivity index (χ3v) is 7.09. The number of benzene rings is 2. The van der Waals surface area contributed by atoms with E-state index in [-0.39, 0.29) is 5.91 Å². The standard InChI is InChI=1S/C26H21N3O2S/c30-26(28-11-13-31-14-12-28)19-7-5-18(6-8-19)21-9-10-25-27-16-22(29(25)17-21)24-15-20-3-1-2-4-23(20)32-24/h1-10,15-17H,11-14H2. The van der Waals surface area contributed by atoms with E-state index in [1.54, 1.807) is 11.3 Å². The molecule has 0 N–H and O–H groups in total. The minimum absolute atomic E-state index is 0.0666. The molecule has 0 bridgehead atoms. The molecule has 3 aromatic heterocycles. The van der Waals surface area contributed by atoms with Crippen molar-refractivity contribution in [3.8, 4) is 21.7 Å². The average molecular weight is 440 g/mol. The molecule has 5 aromatic rings. The SMILES string of the molecule is O=C(c1ccc(-c2ccc3ncc(-c4cc5ccccc5s4)n3c2)cc1)N1CCOCC1. The van der Waals surface area contributed by atoms with Gasteiger partial charge in [0, 0.05) is 29.5 Å². The number of aromatic nitrogens is 2. The number of fused-ring (bicyclic) bond motifs is 2. The first-order chi connectivity index (χ1) is 15.8. The monoisotopic (exact) mass is 439 g/mol. The van der Waals surface area contributed by atoms with Crippen molar-refractivity contribution in [3.05, 3.63) is 84.7 Å². The molecular formula is C26H21N3O2S. The largest absolute Gasteiger partial charge is 0.378 e. The van der Waals surface area contributed by atoms with Crippen LogP contribution in [0.25, 0.3) is 37.4 Å². The summed E-state index contributed by atoms with van der Waals surface area (Å²) in [6, 6.07) is 22.6. The van der Waals surface area contributed by atoms with Crippen LogP contribution >= 0.6 is 11.3 Å². The first-order valence-corrected chi connectivity index (χ1v) is 11.5. The van der Waals surface area contributed by atoms with Crippen molar-refractivity contribution < 1.29 is 9.53 Å². The number of pyridine rings is 1. The van der Waals surface area contributed by atoms with Crippen LogP contribution in [0.15, 0.2) is 79.1 Å². The number of amides is 1. The van der Waals surface area contributed by atoms with Crippen LogP contribution in [-0.4, -0.2) is 46.5 Å². The molecule has 0 spiro atoms. The molecule has 6 heteroatoms. The Hall–Kier alpha value is -3.48. The van der Waals surface area contributed by atoms with E-state index >= 15 is 0 Å². The lowest BCUT2D eigenvalue weighted by Crippen LogP contribution is -2.40. The Kier molecular flexibility index (Phi) is 4.74. The number of carbonyl (C=O) groups is 1. The lowest BCUT2D eigenvalue weighted by atomic mass is 10.0. The van der Waals surface area contributed by atoms with Crippen molar-refractivity contribution in [2.75, 3.05) is 26.3 Å². The van der Waals surface area contributed by atoms with Gasteiger partial charge in [0.1, 0.15) is 5.65 Å². The average Bonchev–Trinajstić information content (AvgIpc) is 3.47. The molecule has 6 rings (SSSR count). The maximum Gasteiger partial charge on any atom is 0.254 e. The zero-order chi connectivity index (χ0) is 21.5. The second-order valence-electron chi connectivity index (χ2n) is 7.92. The fraction of sp³-hybridized carbons (Fsp3) is 0.154. The molecular weight excluding hydrogens is 418 g/mol. The number of hydrogen-bond donors (Lipinski definition) is 0. The van der Waals surface area contributed by atoms with E-state index in [1.165, 1.54) is 15.0 Å². The molecule has 0 saturated carbocycles. The van der Waals surface area contributed by atoms with Gasteiger partial charge in [-0.3, -0.25) is 9.20 Å². The van der Waals surface area contributed by atoms with Gasteiger partial charge in [-0.25, -0.2) is 4.98 Å². The third kappa shape index (κ3) is 3.38. The number of carbonyl (C=O) groups excluding carboxylic acids is 1. The predicted molar refractivity (Wildman–Crippen MR) is 128 cm³/mol. The molecule has 0 aliphatic carbocycles. The number of morpholine rings is 1. The topological polar surface area (TPSA) is 46.8 Å². The molecule has 1 aliphatic heterocycles. The van der Waals surface area contributed by atoms with E-state index in [9.17, 15) is 4.79 Å². The maximum atomic E-state index is 12.7. The van der Waals surface area contributed by atoms with E-state index < -0.39 is 0 Å². The summed E-state index contributed by atoms with van der Waals surface area (Å²) < 4.78 is 8.77. The van der Waals surface area contributed by atoms with Crippen molar-refractivity contribution in [2.45, 2.75) is 0 Å². The maximum absolute atomic E-state index is 12.7. The fourth-order valence-electron chi connectivity index (χ4n) is 4.20. The second-order valence-corrected chi connectivity index (χ2v) is 9.00. The van der Waals surface area contributed by atoms with Crippen LogP contribution in [0.5, 0.6) is 0 Å². The minimum Gasteiger partial charge on any atom is -0.378 e. The highest BCUT2D eigenvalue weighted by Crippen LogP contribution is 2.34. The molecule has 1 saturated heterocycles. The zero-order valence-electron chi connectivity index (χ0n) is 17.4. The molecule has 158 valence electrons. The van der Waals surface area contributed by atoms with Crippen LogP contribution < -0.4 is 0 Å². The summed E-state index contributed by atoms with van der Waals surface area (Å²) in [5.74, 6) is 0.0666. The molecule has 0 radical (unpaired) electrons. The van der Waals surface area contributed by atoms with Crippen molar-refractivity contribution in [1.29, 1.82) is 0 Å². The van der Waals surface area contributed by atoms with E-state index in [1.807, 2.05) is 41.4 Å². The highest BCUT2D eigenvalue weighted by atomic mass is 32.1. The van der Waals surface area contributed by atoms with Gasteiger partial charge in [-0.2, -0.15) is 0 Å². The lowest BCUT2D eigenvalue weighted by molar-refractivity contribution is 0.0303. The zero-order valence-corrected chi connectivity index (χ0v) is 18.2. The summed E-state index contributed by atoms with van der Waals surface area (Å²) in [5, 5.41) is 1.25. The quantitative estimate of drug-likeness (QED) is 0.380. The predicted octanol–water partition coefficient (Wildman–Crippen LogP) is 5.36. The first-order valence-electron chi connectivity index (χ1n) is 10.7. The smallest absolute Gasteiger partial charge is 0.254 e. The van der Waals surface area contributed by atoms with Crippen LogP contribution in [0.2, 0.25) is 0 Å². The number of rotatable bonds is 3. The number of nitrogens with zero attached hydrogens (tertiary/aromatic N) is 3. The Bertz CT molecular complexity index is 1400. The van der Waals surface area contributed by atoms with Crippen LogP contribution in [0, 0.1) is 0 Å². The minimum atomic E-state index is 0.0666. The van der Waals surface area contributed by atoms with E-state index in [4.69, 9.17) is 4.74 Å². The Morgan fingerprint density at radius 3 is 2.53 bits per heavy atom. The number of thiophene rings is 1. The van der Waals surface area contributed by atoms with Gasteiger partial charge in [-0.15, -0.1) is 11.3 Å². The van der Waals surface area contributed by atoms with Gasteiger partial charge in [0.2, 0.25) is 0 Å². The highest BCUT2D eigenvalue weighted by molar-refractivity contribution is 7.22. The normalized spacial score (nSPS) is 14.3. The van der Waals surface area contributed by atoms with E-state index in [2.05, 4.69) is 52.0 Å². The van der Waals surface area contributed by atoms with Crippen molar-refractivity contribution in [3.63, 3.8) is 0 Å². The van der Waals surface area contributed by atoms with Gasteiger partial charge < -0.3 is 9.64 Å². The van der Waals surface area contributed by atoms with Gasteiger partial charge in [0.25, 0.3) is 5.91 Å². The van der Waals surface area contributed by atoms with Crippen LogP contribution in [0.4, 0.5) is 0 Å². The summed E-state index contributed by atoms with van der Waals surface area (Å²) in [5.41, 5.74) is 4.87. The molecule has 0 unspecified atom stereocenters. The molecule has 2 aromatic carbocycles. The van der Waals surface area contributed by atoms with Gasteiger partial charge in [-0.1, -0.05) is 30.3 Å². The van der Waals surface area contributed by atoms with Crippen molar-refractivity contribution >= 4 is 33.0 Å². The van der Waals surface area contributed by atoms with Gasteiger partial charge >= 0.3 is 0 Å². The lowest BCUT2D eigenvalue weighted by Gasteiger charge is -2.26. The summed E-state index contributed by atoms with van der Waals surface area (Å²) in [7, 11) is 0. The van der Waals surface area contributed by atoms with E-state index in [0.717, 1.165) is 22.5 Å². The molecule has 1 amide bonds. The van der Waals surface area contributed by atoms with E-state index in [0.29, 0.717) is 31.9 Å². The van der Waals surface area contributed by atoms with Crippen LogP contribution in [0.3, 0.4) is 0 Å². The molecule has 1 fully saturated rings. The second kappa shape index (κ2) is 7.89. The summed E-state index contributed by atoms with van der Waals surface area (Å²) >= 11 is 1.78. The first kappa shape index (κ1) is 19.2. The third-order valence-electron chi connectivity index (χ3n) is 5.95. The Labute approximate surface area is 189 Å². The van der Waals surface area contributed by atoms with Gasteiger partial charge in [-0.05, 0) is 52.9 Å². The van der Waals surface area contributed by atoms with Crippen molar-refractivity contribution in [1.82, 2.24) is 14.3 Å². The Balaban J connectivity index is 1.33. The van der Waals surface area contributed by atoms with Crippen LogP contribution in [-0.2, 0) is 4.74 Å². The number of imidazole rings is 1. The summed E-state index contributed by atoms with van der Waals surface area (Å²) in [6.45, 7) is 2.52. The Morgan fingerprint density at radius 1 is 0.938 bits per heavy atom. The van der Waals surface area contributed by atoms with Gasteiger partial charge in [0.15, 0.2) is 0 Å². The Morgan fingerprint density at radius 2 is 1.72 bits per heavy atom. The molecule has 1 aliphatic rings. The van der Waals surface area contributed by atoms with Crippen molar-refractivity contribution in [2.24, 2.45) is 0 Å². The molecule has 32 heavy (non-hydrogen) atoms. The number of ether oxygens (including phenoxy) is 1.